The van der Waals surface area contributed by atoms with Gasteiger partial charge in [0.05, 0.1) is 18.8 Å². The average molecular weight is 703 g/mol. The van der Waals surface area contributed by atoms with Crippen molar-refractivity contribution in [2.75, 3.05) is 13.2 Å². The SMILES string of the molecule is CCCCC/C=C\C/C=C\CC1OC1C/C=C\CCCC(=O)OC[C@H](CO)OC(=O)CCCCCCCCCCCCCCCCC(C)CC. The first-order valence-corrected chi connectivity index (χ1v) is 21.1. The molecule has 1 heterocycles. The molecule has 50 heavy (non-hydrogen) atoms. The van der Waals surface area contributed by atoms with Gasteiger partial charge in [0.1, 0.15) is 6.61 Å². The standard InChI is InChI=1S/C44H78O6/c1-4-6-7-8-9-16-20-23-28-33-41-42(50-41)34-29-25-26-30-35-43(46)48-38-40(37-45)49-44(47)36-31-24-21-18-15-13-11-10-12-14-17-19-22-27-32-39(3)5-2/h9,16,23,25,28-29,39-42,45H,4-8,10-15,17-22,24,26-27,30-38H2,1-3H3/b16-9-,28-23-,29-25-/t39?,40-,41?,42?/m0/s1. The highest BCUT2D eigenvalue weighted by molar-refractivity contribution is 5.70. The van der Waals surface area contributed by atoms with Crippen molar-refractivity contribution in [2.24, 2.45) is 5.92 Å². The predicted octanol–water partition coefficient (Wildman–Crippen LogP) is 12.1. The number of aliphatic hydroxyl groups excluding tert-OH is 1. The van der Waals surface area contributed by atoms with Gasteiger partial charge in [-0.05, 0) is 57.3 Å². The van der Waals surface area contributed by atoms with E-state index in [9.17, 15) is 14.7 Å². The van der Waals surface area contributed by atoms with Crippen LogP contribution in [0.4, 0.5) is 0 Å². The van der Waals surface area contributed by atoms with Crippen molar-refractivity contribution in [3.63, 3.8) is 0 Å². The van der Waals surface area contributed by atoms with Crippen LogP contribution in [0.3, 0.4) is 0 Å². The second kappa shape index (κ2) is 34.2. The monoisotopic (exact) mass is 703 g/mol. The molecule has 0 amide bonds. The Kier molecular flexibility index (Phi) is 31.5. The number of unbranched alkanes of at least 4 members (excludes halogenated alkanes) is 17. The van der Waals surface area contributed by atoms with Crippen LogP contribution >= 0.6 is 0 Å². The molecule has 0 aromatic heterocycles. The summed E-state index contributed by atoms with van der Waals surface area (Å²) >= 11 is 0. The Morgan fingerprint density at radius 1 is 0.640 bits per heavy atom. The number of ether oxygens (including phenoxy) is 3. The minimum atomic E-state index is -0.797. The molecule has 0 radical (unpaired) electrons. The zero-order chi connectivity index (χ0) is 36.3. The van der Waals surface area contributed by atoms with E-state index in [0.717, 1.165) is 50.9 Å². The minimum absolute atomic E-state index is 0.0978. The largest absolute Gasteiger partial charge is 0.462 e. The van der Waals surface area contributed by atoms with Crippen LogP contribution in [0.5, 0.6) is 0 Å². The molecule has 0 aromatic carbocycles. The molecule has 1 N–H and O–H groups in total. The van der Waals surface area contributed by atoms with E-state index in [2.05, 4.69) is 57.2 Å². The van der Waals surface area contributed by atoms with Crippen molar-refractivity contribution < 1.29 is 28.9 Å². The van der Waals surface area contributed by atoms with Crippen LogP contribution in [0.25, 0.3) is 0 Å². The van der Waals surface area contributed by atoms with E-state index >= 15 is 0 Å². The van der Waals surface area contributed by atoms with E-state index in [1.807, 2.05) is 0 Å². The molecule has 1 aliphatic heterocycles. The number of epoxide rings is 1. The number of hydrogen-bond donors (Lipinski definition) is 1. The number of carbonyl (C=O) groups excluding carboxylic acids is 2. The molecular formula is C44H78O6. The van der Waals surface area contributed by atoms with Crippen molar-refractivity contribution in [2.45, 2.75) is 212 Å². The Morgan fingerprint density at radius 2 is 1.16 bits per heavy atom. The first kappa shape index (κ1) is 46.1. The van der Waals surface area contributed by atoms with Gasteiger partial charge in [-0.15, -0.1) is 0 Å². The molecule has 3 unspecified atom stereocenters. The highest BCUT2D eigenvalue weighted by atomic mass is 16.6. The second-order valence-electron chi connectivity index (χ2n) is 14.7. The van der Waals surface area contributed by atoms with Crippen molar-refractivity contribution in [3.8, 4) is 0 Å². The Morgan fingerprint density at radius 3 is 1.76 bits per heavy atom. The van der Waals surface area contributed by atoms with Crippen LogP contribution in [-0.2, 0) is 23.8 Å². The number of hydrogen-bond acceptors (Lipinski definition) is 6. The lowest BCUT2D eigenvalue weighted by molar-refractivity contribution is -0.161. The van der Waals surface area contributed by atoms with Crippen molar-refractivity contribution in [3.05, 3.63) is 36.5 Å². The van der Waals surface area contributed by atoms with E-state index in [4.69, 9.17) is 14.2 Å². The Bertz CT molecular complexity index is 880. The summed E-state index contributed by atoms with van der Waals surface area (Å²) in [5.41, 5.74) is 0. The Balaban J connectivity index is 1.91. The normalized spacial score (nSPS) is 17.2. The number of carbonyl (C=O) groups is 2. The lowest BCUT2D eigenvalue weighted by Crippen LogP contribution is -2.28. The Labute approximate surface area is 308 Å². The summed E-state index contributed by atoms with van der Waals surface area (Å²) in [6.45, 7) is 6.44. The summed E-state index contributed by atoms with van der Waals surface area (Å²) in [4.78, 5) is 24.3. The highest BCUT2D eigenvalue weighted by Crippen LogP contribution is 2.29. The summed E-state index contributed by atoms with van der Waals surface area (Å²) in [6.07, 6.45) is 43.7. The zero-order valence-electron chi connectivity index (χ0n) is 32.8. The molecule has 0 spiro atoms. The number of allylic oxidation sites excluding steroid dienone is 4. The summed E-state index contributed by atoms with van der Waals surface area (Å²) < 4.78 is 16.3. The van der Waals surface area contributed by atoms with Gasteiger partial charge < -0.3 is 19.3 Å². The fourth-order valence-electron chi connectivity index (χ4n) is 6.15. The summed E-state index contributed by atoms with van der Waals surface area (Å²) in [5.74, 6) is 0.237. The maximum absolute atomic E-state index is 12.2. The smallest absolute Gasteiger partial charge is 0.306 e. The quantitative estimate of drug-likeness (QED) is 0.0303. The predicted molar refractivity (Wildman–Crippen MR) is 209 cm³/mol. The molecule has 6 nitrogen and oxygen atoms in total. The molecule has 1 saturated heterocycles. The molecule has 1 fully saturated rings. The average Bonchev–Trinajstić information content (AvgIpc) is 3.88. The van der Waals surface area contributed by atoms with Gasteiger partial charge in [0.25, 0.3) is 0 Å². The molecule has 0 bridgehead atoms. The van der Waals surface area contributed by atoms with Crippen LogP contribution in [0.15, 0.2) is 36.5 Å². The van der Waals surface area contributed by atoms with Crippen LogP contribution in [0.2, 0.25) is 0 Å². The van der Waals surface area contributed by atoms with Gasteiger partial charge in [0, 0.05) is 12.8 Å². The van der Waals surface area contributed by atoms with E-state index in [-0.39, 0.29) is 25.2 Å². The van der Waals surface area contributed by atoms with E-state index in [1.165, 1.54) is 109 Å². The molecule has 1 rings (SSSR count). The Hall–Kier alpha value is -1.92. The maximum atomic E-state index is 12.2. The molecule has 4 atom stereocenters. The van der Waals surface area contributed by atoms with Gasteiger partial charge in [-0.25, -0.2) is 0 Å². The fourth-order valence-corrected chi connectivity index (χ4v) is 6.15. The summed E-state index contributed by atoms with van der Waals surface area (Å²) in [7, 11) is 0. The third-order valence-electron chi connectivity index (χ3n) is 9.88. The molecule has 0 saturated carbocycles. The molecule has 1 aliphatic rings. The molecule has 290 valence electrons. The van der Waals surface area contributed by atoms with E-state index < -0.39 is 6.10 Å². The van der Waals surface area contributed by atoms with Crippen molar-refractivity contribution in [1.29, 1.82) is 0 Å². The van der Waals surface area contributed by atoms with Gasteiger partial charge >= 0.3 is 11.9 Å². The van der Waals surface area contributed by atoms with Crippen LogP contribution in [0.1, 0.15) is 194 Å². The molecule has 0 aliphatic carbocycles. The molecular weight excluding hydrogens is 624 g/mol. The number of aliphatic hydroxyl groups is 1. The van der Waals surface area contributed by atoms with Crippen LogP contribution in [-0.4, -0.2) is 48.6 Å². The van der Waals surface area contributed by atoms with Crippen molar-refractivity contribution in [1.82, 2.24) is 0 Å². The maximum Gasteiger partial charge on any atom is 0.306 e. The lowest BCUT2D eigenvalue weighted by atomic mass is 9.99. The number of rotatable bonds is 36. The zero-order valence-corrected chi connectivity index (χ0v) is 32.8. The first-order chi connectivity index (χ1) is 24.5. The van der Waals surface area contributed by atoms with Gasteiger partial charge in [0.15, 0.2) is 6.10 Å². The third-order valence-corrected chi connectivity index (χ3v) is 9.88. The van der Waals surface area contributed by atoms with Gasteiger partial charge in [-0.3, -0.25) is 9.59 Å². The van der Waals surface area contributed by atoms with Gasteiger partial charge in [-0.1, -0.05) is 166 Å². The van der Waals surface area contributed by atoms with Gasteiger partial charge in [0.2, 0.25) is 0 Å². The van der Waals surface area contributed by atoms with Crippen molar-refractivity contribution >= 4 is 11.9 Å². The topological polar surface area (TPSA) is 85.4 Å². The summed E-state index contributed by atoms with van der Waals surface area (Å²) in [6, 6.07) is 0. The van der Waals surface area contributed by atoms with E-state index in [0.29, 0.717) is 31.5 Å². The van der Waals surface area contributed by atoms with E-state index in [1.54, 1.807) is 0 Å². The minimum Gasteiger partial charge on any atom is -0.462 e. The second-order valence-corrected chi connectivity index (χ2v) is 14.7. The molecule has 6 heteroatoms. The first-order valence-electron chi connectivity index (χ1n) is 21.1. The molecule has 0 aromatic rings. The fraction of sp³-hybridized carbons (Fsp3) is 0.818. The van der Waals surface area contributed by atoms with Crippen LogP contribution in [0, 0.1) is 5.92 Å². The number of esters is 2. The lowest BCUT2D eigenvalue weighted by Gasteiger charge is -2.15. The van der Waals surface area contributed by atoms with Crippen LogP contribution < -0.4 is 0 Å². The third kappa shape index (κ3) is 29.8. The summed E-state index contributed by atoms with van der Waals surface area (Å²) in [5, 5.41) is 9.58. The van der Waals surface area contributed by atoms with Gasteiger partial charge in [-0.2, -0.15) is 0 Å². The highest BCUT2D eigenvalue weighted by Gasteiger charge is 2.35.